The number of benzene rings is 1. The molecule has 18 heavy (non-hydrogen) atoms. The first kappa shape index (κ1) is 11.7. The molecule has 0 radical (unpaired) electrons. The van der Waals surface area contributed by atoms with Crippen LogP contribution in [-0.2, 0) is 23.3 Å². The van der Waals surface area contributed by atoms with Gasteiger partial charge in [0.25, 0.3) is 0 Å². The maximum Gasteiger partial charge on any atom is 0.125 e. The lowest BCUT2D eigenvalue weighted by molar-refractivity contribution is 0.0850. The summed E-state index contributed by atoms with van der Waals surface area (Å²) in [5.74, 6) is -0.172. The summed E-state index contributed by atoms with van der Waals surface area (Å²) in [6.45, 7) is 8.73. The van der Waals surface area contributed by atoms with E-state index in [-0.39, 0.29) is 11.2 Å². The van der Waals surface area contributed by atoms with Crippen LogP contribution >= 0.6 is 0 Å². The Bertz CT molecular complexity index is 607. The van der Waals surface area contributed by atoms with Crippen LogP contribution < -0.4 is 0 Å². The van der Waals surface area contributed by atoms with Gasteiger partial charge in [-0.1, -0.05) is 20.8 Å². The molecule has 1 aliphatic heterocycles. The normalized spacial score (nSPS) is 16.0. The van der Waals surface area contributed by atoms with Crippen molar-refractivity contribution in [3.05, 3.63) is 35.3 Å². The van der Waals surface area contributed by atoms with Crippen molar-refractivity contribution in [2.45, 2.75) is 39.3 Å². The van der Waals surface area contributed by atoms with E-state index >= 15 is 0 Å². The molecule has 1 aliphatic rings. The van der Waals surface area contributed by atoms with Crippen molar-refractivity contribution < 1.29 is 9.13 Å². The molecule has 96 valence electrons. The highest BCUT2D eigenvalue weighted by molar-refractivity contribution is 5.86. The first-order chi connectivity index (χ1) is 8.48. The third-order valence-electron chi connectivity index (χ3n) is 3.58. The van der Waals surface area contributed by atoms with Gasteiger partial charge in [-0.15, -0.1) is 0 Å². The second kappa shape index (κ2) is 3.82. The Morgan fingerprint density at radius 2 is 2.06 bits per heavy atom. The van der Waals surface area contributed by atoms with E-state index in [9.17, 15) is 4.39 Å². The SMILES string of the molecule is CC(C)(C)c1c2n(c3cc(F)ccc13)CCOC2. The average Bonchev–Trinajstić information content (AvgIpc) is 2.62. The van der Waals surface area contributed by atoms with E-state index in [4.69, 9.17) is 4.74 Å². The molecule has 2 aromatic rings. The van der Waals surface area contributed by atoms with Crippen molar-refractivity contribution in [3.63, 3.8) is 0 Å². The van der Waals surface area contributed by atoms with E-state index in [1.165, 1.54) is 11.3 Å². The summed E-state index contributed by atoms with van der Waals surface area (Å²) < 4.78 is 21.3. The molecule has 0 aliphatic carbocycles. The van der Waals surface area contributed by atoms with Crippen molar-refractivity contribution in [1.82, 2.24) is 4.57 Å². The zero-order chi connectivity index (χ0) is 12.9. The average molecular weight is 247 g/mol. The van der Waals surface area contributed by atoms with Crippen molar-refractivity contribution in [1.29, 1.82) is 0 Å². The molecule has 0 amide bonds. The Hall–Kier alpha value is -1.35. The van der Waals surface area contributed by atoms with Gasteiger partial charge in [0.05, 0.1) is 18.7 Å². The van der Waals surface area contributed by atoms with E-state index in [1.54, 1.807) is 12.1 Å². The Labute approximate surface area is 106 Å². The number of aromatic nitrogens is 1. The Morgan fingerprint density at radius 1 is 1.28 bits per heavy atom. The van der Waals surface area contributed by atoms with Gasteiger partial charge in [-0.2, -0.15) is 0 Å². The molecule has 3 rings (SSSR count). The summed E-state index contributed by atoms with van der Waals surface area (Å²) in [5, 5.41) is 1.16. The first-order valence-electron chi connectivity index (χ1n) is 6.37. The molecule has 0 unspecified atom stereocenters. The fourth-order valence-corrected chi connectivity index (χ4v) is 2.94. The van der Waals surface area contributed by atoms with Crippen molar-refractivity contribution >= 4 is 10.9 Å². The number of hydrogen-bond acceptors (Lipinski definition) is 1. The zero-order valence-electron chi connectivity index (χ0n) is 11.1. The highest BCUT2D eigenvalue weighted by Crippen LogP contribution is 2.37. The molecule has 0 saturated heterocycles. The fraction of sp³-hybridized carbons (Fsp3) is 0.467. The van der Waals surface area contributed by atoms with Gasteiger partial charge in [-0.25, -0.2) is 4.39 Å². The third-order valence-corrected chi connectivity index (χ3v) is 3.58. The van der Waals surface area contributed by atoms with Gasteiger partial charge in [-0.3, -0.25) is 0 Å². The highest BCUT2D eigenvalue weighted by atomic mass is 19.1. The molecule has 1 aromatic carbocycles. The van der Waals surface area contributed by atoms with Crippen LogP contribution in [0.15, 0.2) is 18.2 Å². The van der Waals surface area contributed by atoms with Crippen LogP contribution in [0.25, 0.3) is 10.9 Å². The number of rotatable bonds is 0. The maximum absolute atomic E-state index is 13.5. The predicted octanol–water partition coefficient (Wildman–Crippen LogP) is 3.61. The summed E-state index contributed by atoms with van der Waals surface area (Å²) >= 11 is 0. The van der Waals surface area contributed by atoms with Gasteiger partial charge in [0.15, 0.2) is 0 Å². The monoisotopic (exact) mass is 247 g/mol. The molecule has 0 fully saturated rings. The second-order valence-electron chi connectivity index (χ2n) is 5.94. The largest absolute Gasteiger partial charge is 0.373 e. The Kier molecular flexibility index (Phi) is 2.49. The molecule has 0 N–H and O–H groups in total. The minimum Gasteiger partial charge on any atom is -0.373 e. The van der Waals surface area contributed by atoms with E-state index in [0.29, 0.717) is 13.2 Å². The van der Waals surface area contributed by atoms with Crippen LogP contribution in [0.5, 0.6) is 0 Å². The van der Waals surface area contributed by atoms with E-state index in [0.717, 1.165) is 17.4 Å². The van der Waals surface area contributed by atoms with Crippen LogP contribution in [0.2, 0.25) is 0 Å². The van der Waals surface area contributed by atoms with Crippen LogP contribution in [0.3, 0.4) is 0 Å². The lowest BCUT2D eigenvalue weighted by Crippen LogP contribution is -2.20. The lowest BCUT2D eigenvalue weighted by Gasteiger charge is -2.24. The summed E-state index contributed by atoms with van der Waals surface area (Å²) in [4.78, 5) is 0. The summed E-state index contributed by atoms with van der Waals surface area (Å²) in [6, 6.07) is 5.08. The van der Waals surface area contributed by atoms with Gasteiger partial charge in [0.2, 0.25) is 0 Å². The van der Waals surface area contributed by atoms with Crippen molar-refractivity contribution in [2.75, 3.05) is 6.61 Å². The van der Waals surface area contributed by atoms with Crippen LogP contribution in [0, 0.1) is 5.82 Å². The highest BCUT2D eigenvalue weighted by Gasteiger charge is 2.27. The quantitative estimate of drug-likeness (QED) is 0.693. The van der Waals surface area contributed by atoms with Gasteiger partial charge in [-0.05, 0) is 29.2 Å². The summed E-state index contributed by atoms with van der Waals surface area (Å²) in [5.41, 5.74) is 3.53. The van der Waals surface area contributed by atoms with E-state index in [2.05, 4.69) is 25.3 Å². The number of ether oxygens (including phenoxy) is 1. The second-order valence-corrected chi connectivity index (χ2v) is 5.94. The van der Waals surface area contributed by atoms with Crippen molar-refractivity contribution in [3.8, 4) is 0 Å². The smallest absolute Gasteiger partial charge is 0.125 e. The van der Waals surface area contributed by atoms with Gasteiger partial charge in [0, 0.05) is 17.6 Å². The number of nitrogens with zero attached hydrogens (tertiary/aromatic N) is 1. The number of halogens is 1. The molecule has 0 spiro atoms. The summed E-state index contributed by atoms with van der Waals surface area (Å²) in [7, 11) is 0. The number of hydrogen-bond donors (Lipinski definition) is 0. The number of fused-ring (bicyclic) bond motifs is 3. The molecule has 0 atom stereocenters. The Balaban J connectivity index is 2.40. The van der Waals surface area contributed by atoms with E-state index in [1.807, 2.05) is 6.07 Å². The zero-order valence-corrected chi connectivity index (χ0v) is 11.1. The third kappa shape index (κ3) is 1.65. The van der Waals surface area contributed by atoms with E-state index < -0.39 is 0 Å². The molecule has 3 heteroatoms. The van der Waals surface area contributed by atoms with Gasteiger partial charge in [0.1, 0.15) is 5.82 Å². The van der Waals surface area contributed by atoms with Gasteiger partial charge < -0.3 is 9.30 Å². The minimum absolute atomic E-state index is 0.0391. The maximum atomic E-state index is 13.5. The van der Waals surface area contributed by atoms with Crippen molar-refractivity contribution in [2.24, 2.45) is 0 Å². The van der Waals surface area contributed by atoms with Gasteiger partial charge >= 0.3 is 0 Å². The fourth-order valence-electron chi connectivity index (χ4n) is 2.94. The molecule has 2 heterocycles. The molecular weight excluding hydrogens is 229 g/mol. The summed E-state index contributed by atoms with van der Waals surface area (Å²) in [6.07, 6.45) is 0. The standard InChI is InChI=1S/C15H18FNO/c1-15(2,3)14-11-5-4-10(16)8-12(11)17-6-7-18-9-13(14)17/h4-5,8H,6-7,9H2,1-3H3. The predicted molar refractivity (Wildman–Crippen MR) is 70.3 cm³/mol. The van der Waals surface area contributed by atoms with Crippen LogP contribution in [0.4, 0.5) is 4.39 Å². The molecule has 1 aromatic heterocycles. The molecule has 0 bridgehead atoms. The molecule has 0 saturated carbocycles. The van der Waals surface area contributed by atoms with Crippen LogP contribution in [-0.4, -0.2) is 11.2 Å². The molecule has 2 nitrogen and oxygen atoms in total. The Morgan fingerprint density at radius 3 is 2.78 bits per heavy atom. The minimum atomic E-state index is -0.172. The topological polar surface area (TPSA) is 14.2 Å². The van der Waals surface area contributed by atoms with Crippen LogP contribution in [0.1, 0.15) is 32.0 Å². The molecular formula is C15H18FNO. The first-order valence-corrected chi connectivity index (χ1v) is 6.37. The lowest BCUT2D eigenvalue weighted by atomic mass is 9.84.